The first-order valence-corrected chi connectivity index (χ1v) is 19.3. The van der Waals surface area contributed by atoms with Crippen LogP contribution in [0.2, 0.25) is 0 Å². The topological polar surface area (TPSA) is 82.1 Å². The van der Waals surface area contributed by atoms with E-state index in [4.69, 9.17) is 14.2 Å². The van der Waals surface area contributed by atoms with Crippen molar-refractivity contribution >= 4 is 17.9 Å². The summed E-state index contributed by atoms with van der Waals surface area (Å²) in [7, 11) is 4.17. The zero-order valence-electron chi connectivity index (χ0n) is 32.5. The first-order chi connectivity index (χ1) is 22.8. The van der Waals surface area contributed by atoms with Crippen LogP contribution < -0.4 is 0 Å². The molecule has 0 spiro atoms. The normalized spacial score (nSPS) is 12.5. The van der Waals surface area contributed by atoms with Crippen molar-refractivity contribution < 1.29 is 28.6 Å². The van der Waals surface area contributed by atoms with Crippen LogP contribution in [0.4, 0.5) is 0 Å². The number of allylic oxidation sites excluding steroid dienone is 2. The Morgan fingerprint density at radius 1 is 0.604 bits per heavy atom. The number of nitrogens with zero attached hydrogens (tertiary/aromatic N) is 1. The molecule has 48 heavy (non-hydrogen) atoms. The van der Waals surface area contributed by atoms with Gasteiger partial charge in [-0.15, -0.1) is 0 Å². The number of hydrogen-bond acceptors (Lipinski definition) is 7. The van der Waals surface area contributed by atoms with E-state index in [1.54, 1.807) is 0 Å². The molecule has 0 rings (SSSR count). The molecule has 0 atom stereocenters. The first-order valence-electron chi connectivity index (χ1n) is 19.3. The maximum Gasteiger partial charge on any atom is 0.306 e. The summed E-state index contributed by atoms with van der Waals surface area (Å²) in [5, 5.41) is 0. The van der Waals surface area contributed by atoms with E-state index in [0.717, 1.165) is 90.0 Å². The van der Waals surface area contributed by atoms with E-state index in [1.165, 1.54) is 25.7 Å². The standard InChI is InChI=1S/C41H75NO6/c1-9-11-13-15-17-25-31-46-37(43)29-23-19-21-27-36(48-39(45)33-40(3,4)34-41(5,6)35-42(7)8)28-22-20-24-30-38(44)47-32-26-18-16-14-12-10-2/h15-18,36H,9-14,19-35H2,1-8H3/b17-15-,18-16-. The van der Waals surface area contributed by atoms with Crippen LogP contribution in [0.1, 0.15) is 170 Å². The minimum Gasteiger partial charge on any atom is -0.465 e. The minimum atomic E-state index is -0.168. The lowest BCUT2D eigenvalue weighted by molar-refractivity contribution is -0.152. The highest BCUT2D eigenvalue weighted by Gasteiger charge is 2.32. The molecule has 0 aliphatic carbocycles. The van der Waals surface area contributed by atoms with Gasteiger partial charge < -0.3 is 19.1 Å². The Kier molecular flexibility index (Phi) is 27.4. The summed E-state index contributed by atoms with van der Waals surface area (Å²) in [5.41, 5.74) is -0.0793. The molecule has 0 aliphatic rings. The Bertz CT molecular complexity index is 845. The van der Waals surface area contributed by atoms with E-state index in [1.807, 2.05) is 0 Å². The lowest BCUT2D eigenvalue weighted by Gasteiger charge is -2.36. The Hall–Kier alpha value is -2.15. The molecule has 280 valence electrons. The molecular formula is C41H75NO6. The van der Waals surface area contributed by atoms with Crippen LogP contribution in [0, 0.1) is 10.8 Å². The zero-order valence-corrected chi connectivity index (χ0v) is 32.5. The third-order valence-corrected chi connectivity index (χ3v) is 8.31. The minimum absolute atomic E-state index is 0.0889. The number of ether oxygens (including phenoxy) is 3. The van der Waals surface area contributed by atoms with Crippen LogP contribution in [0.5, 0.6) is 0 Å². The van der Waals surface area contributed by atoms with Crippen molar-refractivity contribution in [1.82, 2.24) is 4.90 Å². The molecule has 0 amide bonds. The molecular weight excluding hydrogens is 602 g/mol. The summed E-state index contributed by atoms with van der Waals surface area (Å²) in [6, 6.07) is 0. The molecule has 7 nitrogen and oxygen atoms in total. The molecule has 0 aromatic rings. The molecule has 0 aromatic heterocycles. The summed E-state index contributed by atoms with van der Waals surface area (Å²) in [5.74, 6) is -0.409. The van der Waals surface area contributed by atoms with Crippen molar-refractivity contribution in [3.8, 4) is 0 Å². The summed E-state index contributed by atoms with van der Waals surface area (Å²) < 4.78 is 16.8. The Morgan fingerprint density at radius 2 is 1.06 bits per heavy atom. The van der Waals surface area contributed by atoms with E-state index < -0.39 is 0 Å². The monoisotopic (exact) mass is 678 g/mol. The largest absolute Gasteiger partial charge is 0.465 e. The fraction of sp³-hybridized carbons (Fsp3) is 0.829. The fourth-order valence-corrected chi connectivity index (χ4v) is 6.53. The lowest BCUT2D eigenvalue weighted by Crippen LogP contribution is -2.34. The van der Waals surface area contributed by atoms with Gasteiger partial charge in [-0.1, -0.05) is 104 Å². The number of hydrogen-bond donors (Lipinski definition) is 0. The SMILES string of the molecule is CCCC/C=C\CCOC(=O)CCCCCC(CCCCCC(=O)OCC/C=C\CCCC)OC(=O)CC(C)(C)CC(C)(C)CN(C)C. The highest BCUT2D eigenvalue weighted by Crippen LogP contribution is 2.37. The van der Waals surface area contributed by atoms with Gasteiger partial charge in [0.15, 0.2) is 0 Å². The van der Waals surface area contributed by atoms with E-state index in [2.05, 4.69) is 84.8 Å². The van der Waals surface area contributed by atoms with Crippen molar-refractivity contribution in [1.29, 1.82) is 0 Å². The molecule has 0 saturated carbocycles. The summed E-state index contributed by atoms with van der Waals surface area (Å²) in [6.07, 6.45) is 25.7. The molecule has 0 bridgehead atoms. The van der Waals surface area contributed by atoms with Crippen LogP contribution in [-0.4, -0.2) is 62.8 Å². The molecule has 0 aliphatic heterocycles. The molecule has 0 aromatic carbocycles. The summed E-state index contributed by atoms with van der Waals surface area (Å²) >= 11 is 0. The highest BCUT2D eigenvalue weighted by molar-refractivity contribution is 5.70. The number of rotatable bonds is 31. The Balaban J connectivity index is 4.70. The molecule has 0 radical (unpaired) electrons. The van der Waals surface area contributed by atoms with Crippen molar-refractivity contribution in [3.05, 3.63) is 24.3 Å². The maximum absolute atomic E-state index is 13.2. The van der Waals surface area contributed by atoms with Gasteiger partial charge in [-0.05, 0) is 95.6 Å². The van der Waals surface area contributed by atoms with E-state index in [9.17, 15) is 14.4 Å². The van der Waals surface area contributed by atoms with Gasteiger partial charge in [-0.2, -0.15) is 0 Å². The smallest absolute Gasteiger partial charge is 0.306 e. The first kappa shape index (κ1) is 45.9. The predicted octanol–water partition coefficient (Wildman–Crippen LogP) is 10.6. The van der Waals surface area contributed by atoms with Crippen molar-refractivity contribution in [2.45, 2.75) is 176 Å². The van der Waals surface area contributed by atoms with Gasteiger partial charge in [0.2, 0.25) is 0 Å². The van der Waals surface area contributed by atoms with Gasteiger partial charge in [0.1, 0.15) is 6.10 Å². The Labute approximate surface area is 296 Å². The van der Waals surface area contributed by atoms with E-state index >= 15 is 0 Å². The number of carbonyl (C=O) groups is 3. The van der Waals surface area contributed by atoms with E-state index in [-0.39, 0.29) is 34.8 Å². The third-order valence-electron chi connectivity index (χ3n) is 8.31. The summed E-state index contributed by atoms with van der Waals surface area (Å²) in [4.78, 5) is 39.6. The second-order valence-electron chi connectivity index (χ2n) is 15.5. The molecule has 7 heteroatoms. The molecule has 0 saturated heterocycles. The van der Waals surface area contributed by atoms with Gasteiger partial charge in [0.05, 0.1) is 19.6 Å². The van der Waals surface area contributed by atoms with Gasteiger partial charge >= 0.3 is 17.9 Å². The van der Waals surface area contributed by atoms with Crippen LogP contribution in [-0.2, 0) is 28.6 Å². The average molecular weight is 678 g/mol. The fourth-order valence-electron chi connectivity index (χ4n) is 6.53. The average Bonchev–Trinajstić information content (AvgIpc) is 2.97. The van der Waals surface area contributed by atoms with Crippen LogP contribution >= 0.6 is 0 Å². The van der Waals surface area contributed by atoms with Crippen LogP contribution in [0.15, 0.2) is 24.3 Å². The van der Waals surface area contributed by atoms with E-state index in [0.29, 0.717) is 32.5 Å². The number of esters is 3. The Morgan fingerprint density at radius 3 is 1.50 bits per heavy atom. The van der Waals surface area contributed by atoms with Crippen LogP contribution in [0.3, 0.4) is 0 Å². The molecule has 0 unspecified atom stereocenters. The second-order valence-corrected chi connectivity index (χ2v) is 15.5. The lowest BCUT2D eigenvalue weighted by atomic mass is 9.73. The van der Waals surface area contributed by atoms with Gasteiger partial charge in [-0.25, -0.2) is 0 Å². The quantitative estimate of drug-likeness (QED) is 0.0312. The van der Waals surface area contributed by atoms with Crippen molar-refractivity contribution in [2.75, 3.05) is 33.9 Å². The van der Waals surface area contributed by atoms with Crippen LogP contribution in [0.25, 0.3) is 0 Å². The van der Waals surface area contributed by atoms with Crippen molar-refractivity contribution in [3.63, 3.8) is 0 Å². The number of unbranched alkanes of at least 4 members (excludes halogenated alkanes) is 8. The zero-order chi connectivity index (χ0) is 36.1. The molecule has 0 N–H and O–H groups in total. The molecule has 0 heterocycles. The third kappa shape index (κ3) is 29.9. The highest BCUT2D eigenvalue weighted by atomic mass is 16.5. The number of carbonyl (C=O) groups excluding carboxylic acids is 3. The van der Waals surface area contributed by atoms with Gasteiger partial charge in [0, 0.05) is 19.4 Å². The van der Waals surface area contributed by atoms with Gasteiger partial charge in [-0.3, -0.25) is 14.4 Å². The van der Waals surface area contributed by atoms with Crippen molar-refractivity contribution in [2.24, 2.45) is 10.8 Å². The second kappa shape index (κ2) is 28.7. The van der Waals surface area contributed by atoms with Gasteiger partial charge in [0.25, 0.3) is 0 Å². The summed E-state index contributed by atoms with van der Waals surface area (Å²) in [6.45, 7) is 15.0. The maximum atomic E-state index is 13.2. The predicted molar refractivity (Wildman–Crippen MR) is 200 cm³/mol. The molecule has 0 fully saturated rings.